The second-order valence-electron chi connectivity index (χ2n) is 11.5. The van der Waals surface area contributed by atoms with Gasteiger partial charge in [-0.1, -0.05) is 32.0 Å². The third kappa shape index (κ3) is 5.50. The lowest BCUT2D eigenvalue weighted by Gasteiger charge is -2.46. The summed E-state index contributed by atoms with van der Waals surface area (Å²) < 4.78 is 21.8. The van der Waals surface area contributed by atoms with E-state index in [0.717, 1.165) is 54.2 Å². The molecule has 0 unspecified atom stereocenters. The Bertz CT molecular complexity index is 1350. The van der Waals surface area contributed by atoms with Gasteiger partial charge in [0.15, 0.2) is 0 Å². The van der Waals surface area contributed by atoms with Gasteiger partial charge in [0.25, 0.3) is 5.91 Å². The summed E-state index contributed by atoms with van der Waals surface area (Å²) in [7, 11) is 1.95. The van der Waals surface area contributed by atoms with Gasteiger partial charge in [-0.2, -0.15) is 5.10 Å². The molecule has 0 aliphatic carbocycles. The Hall–Kier alpha value is -3.10. The molecule has 7 nitrogen and oxygen atoms in total. The number of fused-ring (bicyclic) bond motifs is 1. The molecule has 0 N–H and O–H groups in total. The number of benzene rings is 2. The Morgan fingerprint density at radius 1 is 1.21 bits per heavy atom. The van der Waals surface area contributed by atoms with Crippen molar-refractivity contribution in [2.75, 3.05) is 32.8 Å². The van der Waals surface area contributed by atoms with E-state index in [1.54, 1.807) is 11.0 Å². The number of halogens is 1. The number of likely N-dealkylation sites (tertiary alicyclic amines) is 1. The van der Waals surface area contributed by atoms with Crippen molar-refractivity contribution in [3.63, 3.8) is 0 Å². The van der Waals surface area contributed by atoms with E-state index < -0.39 is 5.82 Å². The molecular weight excluding hydrogens is 495 g/mol. The van der Waals surface area contributed by atoms with Crippen LogP contribution in [0.3, 0.4) is 0 Å². The average molecular weight is 535 g/mol. The van der Waals surface area contributed by atoms with Gasteiger partial charge in [0, 0.05) is 44.5 Å². The fourth-order valence-corrected chi connectivity index (χ4v) is 6.38. The highest BCUT2D eigenvalue weighted by atomic mass is 19.1. The summed E-state index contributed by atoms with van der Waals surface area (Å²) in [6.07, 6.45) is 5.33. The van der Waals surface area contributed by atoms with Crippen molar-refractivity contribution < 1.29 is 18.7 Å². The quantitative estimate of drug-likeness (QED) is 0.372. The summed E-state index contributed by atoms with van der Waals surface area (Å²) in [4.78, 5) is 28.8. The third-order valence-electron chi connectivity index (χ3n) is 8.43. The van der Waals surface area contributed by atoms with Gasteiger partial charge in [-0.05, 0) is 60.4 Å². The van der Waals surface area contributed by atoms with Gasteiger partial charge in [0.2, 0.25) is 0 Å². The summed E-state index contributed by atoms with van der Waals surface area (Å²) in [5.41, 5.74) is 4.25. The van der Waals surface area contributed by atoms with Crippen molar-refractivity contribution >= 4 is 23.1 Å². The average Bonchev–Trinajstić information content (AvgIpc) is 3.29. The van der Waals surface area contributed by atoms with E-state index in [2.05, 4.69) is 36.0 Å². The van der Waals surface area contributed by atoms with Gasteiger partial charge in [-0.25, -0.2) is 4.39 Å². The number of aryl methyl sites for hydroxylation is 1. The van der Waals surface area contributed by atoms with Crippen LogP contribution in [-0.4, -0.2) is 76.7 Å². The van der Waals surface area contributed by atoms with E-state index in [9.17, 15) is 14.0 Å². The van der Waals surface area contributed by atoms with E-state index in [1.165, 1.54) is 17.7 Å². The zero-order valence-electron chi connectivity index (χ0n) is 23.4. The largest absolute Gasteiger partial charge is 0.377 e. The predicted molar refractivity (Wildman–Crippen MR) is 150 cm³/mol. The van der Waals surface area contributed by atoms with Crippen molar-refractivity contribution in [1.82, 2.24) is 19.6 Å². The first-order valence-corrected chi connectivity index (χ1v) is 14.1. The molecule has 3 aromatic rings. The standard InChI is InChI=1S/C31H39FN4O3/c1-20(2)29(6-5-12-37)35-17-22(18-35)14-23-7-9-26(28-16-33-34(4)30(23)28)25-10-8-24(32)15-27(25)31(38)36-11-13-39-19-21(36)3/h7-10,12,15-16,20-22,29H,5-6,11,13-14,17-19H2,1-4H3/t21-,29+/m1/s1. The first-order valence-electron chi connectivity index (χ1n) is 14.1. The summed E-state index contributed by atoms with van der Waals surface area (Å²) in [6.45, 7) is 9.92. The molecule has 2 saturated heterocycles. The number of rotatable bonds is 9. The van der Waals surface area contributed by atoms with Crippen LogP contribution in [0.15, 0.2) is 36.5 Å². The van der Waals surface area contributed by atoms with Crippen LogP contribution in [0.25, 0.3) is 22.0 Å². The Labute approximate surface area is 229 Å². The zero-order chi connectivity index (χ0) is 27.7. The van der Waals surface area contributed by atoms with Crippen LogP contribution in [0.1, 0.15) is 49.5 Å². The van der Waals surface area contributed by atoms with Crippen LogP contribution in [0, 0.1) is 17.7 Å². The van der Waals surface area contributed by atoms with Gasteiger partial charge < -0.3 is 14.4 Å². The van der Waals surface area contributed by atoms with Crippen molar-refractivity contribution in [3.05, 3.63) is 53.5 Å². The highest BCUT2D eigenvalue weighted by molar-refractivity contribution is 6.06. The molecular formula is C31H39FN4O3. The molecule has 0 spiro atoms. The van der Waals surface area contributed by atoms with E-state index >= 15 is 0 Å². The lowest BCUT2D eigenvalue weighted by Crippen LogP contribution is -2.54. The van der Waals surface area contributed by atoms with Crippen molar-refractivity contribution in [2.45, 2.75) is 52.1 Å². The van der Waals surface area contributed by atoms with Gasteiger partial charge in [-0.15, -0.1) is 0 Å². The molecule has 2 aromatic carbocycles. The SMILES string of the molecule is CC(C)[C@H](CCC=O)N1CC(Cc2ccc(-c3ccc(F)cc3C(=O)N3CCOC[C@H]3C)c3cnn(C)c23)C1. The van der Waals surface area contributed by atoms with Crippen LogP contribution in [-0.2, 0) is 23.0 Å². The fourth-order valence-electron chi connectivity index (χ4n) is 6.38. The zero-order valence-corrected chi connectivity index (χ0v) is 23.4. The number of aromatic nitrogens is 2. The second kappa shape index (κ2) is 11.6. The topological polar surface area (TPSA) is 67.7 Å². The Kier molecular flexibility index (Phi) is 8.14. The lowest BCUT2D eigenvalue weighted by atomic mass is 9.85. The third-order valence-corrected chi connectivity index (χ3v) is 8.43. The maximum atomic E-state index is 14.4. The summed E-state index contributed by atoms with van der Waals surface area (Å²) in [6, 6.07) is 9.06. The highest BCUT2D eigenvalue weighted by Crippen LogP contribution is 2.36. The summed E-state index contributed by atoms with van der Waals surface area (Å²) in [5, 5.41) is 5.54. The monoisotopic (exact) mass is 534 g/mol. The number of aldehydes is 1. The van der Waals surface area contributed by atoms with Crippen molar-refractivity contribution in [2.24, 2.45) is 18.9 Å². The second-order valence-corrected chi connectivity index (χ2v) is 11.5. The highest BCUT2D eigenvalue weighted by Gasteiger charge is 2.34. The molecule has 208 valence electrons. The fraction of sp³-hybridized carbons (Fsp3) is 0.516. The molecule has 2 atom stereocenters. The summed E-state index contributed by atoms with van der Waals surface area (Å²) in [5.74, 6) is 0.453. The molecule has 8 heteroatoms. The number of morpholine rings is 1. The van der Waals surface area contributed by atoms with Gasteiger partial charge >= 0.3 is 0 Å². The van der Waals surface area contributed by atoms with E-state index in [0.29, 0.717) is 49.6 Å². The molecule has 1 amide bonds. The molecule has 5 rings (SSSR count). The van der Waals surface area contributed by atoms with Crippen molar-refractivity contribution in [3.8, 4) is 11.1 Å². The predicted octanol–water partition coefficient (Wildman–Crippen LogP) is 4.72. The smallest absolute Gasteiger partial charge is 0.254 e. The Balaban J connectivity index is 1.42. The Morgan fingerprint density at radius 3 is 2.69 bits per heavy atom. The first kappa shape index (κ1) is 27.5. The van der Waals surface area contributed by atoms with Crippen LogP contribution in [0.2, 0.25) is 0 Å². The maximum absolute atomic E-state index is 14.4. The van der Waals surface area contributed by atoms with Gasteiger partial charge in [0.05, 0.1) is 36.5 Å². The van der Waals surface area contributed by atoms with Crippen molar-refractivity contribution in [1.29, 1.82) is 0 Å². The number of amides is 1. The molecule has 1 aromatic heterocycles. The molecule has 0 saturated carbocycles. The van der Waals surface area contributed by atoms with Gasteiger partial charge in [0.1, 0.15) is 12.1 Å². The van der Waals surface area contributed by atoms with E-state index in [4.69, 9.17) is 4.74 Å². The first-order chi connectivity index (χ1) is 18.8. The number of hydrogen-bond donors (Lipinski definition) is 0. The van der Waals surface area contributed by atoms with Crippen LogP contribution in [0.4, 0.5) is 4.39 Å². The number of hydrogen-bond acceptors (Lipinski definition) is 5. The number of carbonyl (C=O) groups excluding carboxylic acids is 2. The number of carbonyl (C=O) groups is 2. The van der Waals surface area contributed by atoms with E-state index in [-0.39, 0.29) is 11.9 Å². The minimum absolute atomic E-state index is 0.0704. The van der Waals surface area contributed by atoms with Crippen LogP contribution in [0.5, 0.6) is 0 Å². The molecule has 2 aliphatic rings. The van der Waals surface area contributed by atoms with Crippen LogP contribution >= 0.6 is 0 Å². The molecule has 39 heavy (non-hydrogen) atoms. The molecule has 2 fully saturated rings. The molecule has 2 aliphatic heterocycles. The number of ether oxygens (including phenoxy) is 1. The molecule has 3 heterocycles. The summed E-state index contributed by atoms with van der Waals surface area (Å²) >= 11 is 0. The lowest BCUT2D eigenvalue weighted by molar-refractivity contribution is -0.108. The maximum Gasteiger partial charge on any atom is 0.254 e. The van der Waals surface area contributed by atoms with Gasteiger partial charge in [-0.3, -0.25) is 14.4 Å². The Morgan fingerprint density at radius 2 is 1.97 bits per heavy atom. The molecule has 0 radical (unpaired) electrons. The minimum Gasteiger partial charge on any atom is -0.377 e. The number of nitrogens with zero attached hydrogens (tertiary/aromatic N) is 4. The minimum atomic E-state index is -0.426. The molecule has 0 bridgehead atoms. The van der Waals surface area contributed by atoms with Crippen LogP contribution < -0.4 is 0 Å². The normalized spacial score (nSPS) is 19.4. The van der Waals surface area contributed by atoms with E-state index in [1.807, 2.05) is 24.9 Å².